The maximum atomic E-state index is 12.2. The van der Waals surface area contributed by atoms with Gasteiger partial charge in [0.2, 0.25) is 0 Å². The summed E-state index contributed by atoms with van der Waals surface area (Å²) in [6, 6.07) is 21.1. The van der Waals surface area contributed by atoms with Crippen LogP contribution < -0.4 is 10.6 Å². The Morgan fingerprint density at radius 1 is 0.957 bits per heavy atom. The van der Waals surface area contributed by atoms with Gasteiger partial charge in [-0.25, -0.2) is 0 Å². The lowest BCUT2D eigenvalue weighted by atomic mass is 10.1. The molecule has 0 spiro atoms. The third-order valence-electron chi connectivity index (χ3n) is 3.35. The Labute approximate surface area is 147 Å². The molecule has 3 aromatic rings. The van der Waals surface area contributed by atoms with Crippen molar-refractivity contribution in [2.45, 2.75) is 0 Å². The summed E-state index contributed by atoms with van der Waals surface area (Å²) in [5, 5.41) is 8.21. The molecule has 0 fully saturated rings. The maximum Gasteiger partial charge on any atom is 0.257 e. The standard InChI is InChI=1S/C18H13BrN2OS/c19-14-8-3-7-13(11-14)17(22)21-18(23)20-16-10-4-6-12-5-1-2-9-15(12)16/h1-11H,(H2,20,21,22,23). The first-order valence-electron chi connectivity index (χ1n) is 6.99. The number of nitrogens with one attached hydrogen (secondary N) is 2. The molecule has 0 saturated carbocycles. The summed E-state index contributed by atoms with van der Waals surface area (Å²) >= 11 is 8.60. The highest BCUT2D eigenvalue weighted by molar-refractivity contribution is 9.10. The minimum Gasteiger partial charge on any atom is -0.332 e. The summed E-state index contributed by atoms with van der Waals surface area (Å²) in [5.41, 5.74) is 1.41. The van der Waals surface area contributed by atoms with Gasteiger partial charge in [-0.05, 0) is 41.9 Å². The molecule has 3 nitrogen and oxygen atoms in total. The molecule has 0 saturated heterocycles. The Morgan fingerprint density at radius 3 is 2.52 bits per heavy atom. The average molecular weight is 385 g/mol. The summed E-state index contributed by atoms with van der Waals surface area (Å²) in [6.45, 7) is 0. The van der Waals surface area contributed by atoms with Crippen molar-refractivity contribution in [1.29, 1.82) is 0 Å². The number of benzene rings is 3. The molecule has 0 unspecified atom stereocenters. The van der Waals surface area contributed by atoms with Crippen molar-refractivity contribution in [3.63, 3.8) is 0 Å². The SMILES string of the molecule is O=C(NC(=S)Nc1cccc2ccccc12)c1cccc(Br)c1. The Kier molecular flexibility index (Phi) is 4.69. The van der Waals surface area contributed by atoms with E-state index in [4.69, 9.17) is 12.2 Å². The molecule has 1 amide bonds. The van der Waals surface area contributed by atoms with E-state index in [2.05, 4.69) is 26.6 Å². The molecule has 2 N–H and O–H groups in total. The quantitative estimate of drug-likeness (QED) is 0.627. The highest BCUT2D eigenvalue weighted by Crippen LogP contribution is 2.22. The van der Waals surface area contributed by atoms with E-state index in [1.54, 1.807) is 18.2 Å². The molecule has 0 aliphatic heterocycles. The minimum atomic E-state index is -0.246. The molecule has 0 atom stereocenters. The summed E-state index contributed by atoms with van der Waals surface area (Å²) in [7, 11) is 0. The molecule has 3 aromatic carbocycles. The zero-order chi connectivity index (χ0) is 16.2. The molecule has 23 heavy (non-hydrogen) atoms. The number of thiocarbonyl (C=S) groups is 1. The summed E-state index contributed by atoms with van der Waals surface area (Å²) in [5.74, 6) is -0.246. The molecule has 114 valence electrons. The van der Waals surface area contributed by atoms with Crippen LogP contribution >= 0.6 is 28.1 Å². The molecule has 0 aliphatic carbocycles. The fourth-order valence-electron chi connectivity index (χ4n) is 2.29. The number of hydrogen-bond acceptors (Lipinski definition) is 2. The maximum absolute atomic E-state index is 12.2. The number of amides is 1. The zero-order valence-corrected chi connectivity index (χ0v) is 14.4. The van der Waals surface area contributed by atoms with Gasteiger partial charge in [0.1, 0.15) is 0 Å². The Balaban J connectivity index is 1.75. The molecule has 0 aliphatic rings. The zero-order valence-electron chi connectivity index (χ0n) is 12.0. The van der Waals surface area contributed by atoms with Gasteiger partial charge in [0.15, 0.2) is 5.11 Å². The number of anilines is 1. The van der Waals surface area contributed by atoms with Crippen LogP contribution in [-0.2, 0) is 0 Å². The van der Waals surface area contributed by atoms with E-state index in [1.165, 1.54) is 0 Å². The fourth-order valence-corrected chi connectivity index (χ4v) is 2.89. The van der Waals surface area contributed by atoms with E-state index >= 15 is 0 Å². The number of fused-ring (bicyclic) bond motifs is 1. The summed E-state index contributed by atoms with van der Waals surface area (Å²) in [6.07, 6.45) is 0. The van der Waals surface area contributed by atoms with Crippen molar-refractivity contribution in [1.82, 2.24) is 5.32 Å². The first kappa shape index (κ1) is 15.6. The van der Waals surface area contributed by atoms with E-state index < -0.39 is 0 Å². The van der Waals surface area contributed by atoms with E-state index in [0.717, 1.165) is 20.9 Å². The molecule has 0 radical (unpaired) electrons. The van der Waals surface area contributed by atoms with E-state index in [1.807, 2.05) is 48.5 Å². The number of halogens is 1. The van der Waals surface area contributed by atoms with E-state index in [-0.39, 0.29) is 11.0 Å². The largest absolute Gasteiger partial charge is 0.332 e. The summed E-state index contributed by atoms with van der Waals surface area (Å²) < 4.78 is 0.845. The Hall–Kier alpha value is -2.24. The van der Waals surface area contributed by atoms with Crippen molar-refractivity contribution in [2.75, 3.05) is 5.32 Å². The number of hydrogen-bond donors (Lipinski definition) is 2. The van der Waals surface area contributed by atoms with Crippen LogP contribution in [0.5, 0.6) is 0 Å². The lowest BCUT2D eigenvalue weighted by molar-refractivity contribution is 0.0977. The van der Waals surface area contributed by atoms with Crippen molar-refractivity contribution in [2.24, 2.45) is 0 Å². The number of carbonyl (C=O) groups excluding carboxylic acids is 1. The predicted octanol–water partition coefficient (Wildman–Crippen LogP) is 4.73. The number of carbonyl (C=O) groups is 1. The highest BCUT2D eigenvalue weighted by atomic mass is 79.9. The third-order valence-corrected chi connectivity index (χ3v) is 4.05. The van der Waals surface area contributed by atoms with Gasteiger partial charge in [-0.1, -0.05) is 58.4 Å². The second-order valence-electron chi connectivity index (χ2n) is 4.95. The van der Waals surface area contributed by atoms with E-state index in [0.29, 0.717) is 5.56 Å². The molecule has 0 heterocycles. The van der Waals surface area contributed by atoms with Gasteiger partial charge in [0.05, 0.1) is 0 Å². The minimum absolute atomic E-state index is 0.246. The van der Waals surface area contributed by atoms with Gasteiger partial charge in [-0.15, -0.1) is 0 Å². The van der Waals surface area contributed by atoms with Crippen molar-refractivity contribution in [3.8, 4) is 0 Å². The average Bonchev–Trinajstić information content (AvgIpc) is 2.55. The van der Waals surface area contributed by atoms with Crippen LogP contribution in [0.4, 0.5) is 5.69 Å². The highest BCUT2D eigenvalue weighted by Gasteiger charge is 2.09. The van der Waals surface area contributed by atoms with E-state index in [9.17, 15) is 4.79 Å². The van der Waals surface area contributed by atoms with Crippen molar-refractivity contribution in [3.05, 3.63) is 76.8 Å². The molecule has 5 heteroatoms. The van der Waals surface area contributed by atoms with Gasteiger partial charge < -0.3 is 5.32 Å². The lowest BCUT2D eigenvalue weighted by Gasteiger charge is -2.12. The molecule has 0 aromatic heterocycles. The molecular weight excluding hydrogens is 372 g/mol. The fraction of sp³-hybridized carbons (Fsp3) is 0. The second kappa shape index (κ2) is 6.89. The molecule has 3 rings (SSSR count). The second-order valence-corrected chi connectivity index (χ2v) is 6.27. The Morgan fingerprint density at radius 2 is 1.70 bits per heavy atom. The van der Waals surface area contributed by atoms with Crippen LogP contribution in [-0.4, -0.2) is 11.0 Å². The predicted molar refractivity (Wildman–Crippen MR) is 102 cm³/mol. The van der Waals surface area contributed by atoms with Crippen LogP contribution in [0.25, 0.3) is 10.8 Å². The van der Waals surface area contributed by atoms with Crippen LogP contribution in [0.3, 0.4) is 0 Å². The first-order valence-corrected chi connectivity index (χ1v) is 8.19. The smallest absolute Gasteiger partial charge is 0.257 e. The third kappa shape index (κ3) is 3.75. The van der Waals surface area contributed by atoms with Gasteiger partial charge >= 0.3 is 0 Å². The van der Waals surface area contributed by atoms with Crippen molar-refractivity contribution >= 4 is 55.6 Å². The van der Waals surface area contributed by atoms with Crippen LogP contribution in [0.15, 0.2) is 71.2 Å². The number of rotatable bonds is 2. The summed E-state index contributed by atoms with van der Waals surface area (Å²) in [4.78, 5) is 12.2. The van der Waals surface area contributed by atoms with Gasteiger partial charge in [0, 0.05) is 21.1 Å². The molecular formula is C18H13BrN2OS. The van der Waals surface area contributed by atoms with Gasteiger partial charge in [-0.2, -0.15) is 0 Å². The normalized spacial score (nSPS) is 10.3. The van der Waals surface area contributed by atoms with Crippen LogP contribution in [0.1, 0.15) is 10.4 Å². The monoisotopic (exact) mass is 384 g/mol. The Bertz CT molecular complexity index is 890. The first-order chi connectivity index (χ1) is 11.1. The van der Waals surface area contributed by atoms with Crippen molar-refractivity contribution < 1.29 is 4.79 Å². The topological polar surface area (TPSA) is 41.1 Å². The van der Waals surface area contributed by atoms with Gasteiger partial charge in [-0.3, -0.25) is 10.1 Å². The van der Waals surface area contributed by atoms with Crippen LogP contribution in [0, 0.1) is 0 Å². The lowest BCUT2D eigenvalue weighted by Crippen LogP contribution is -2.34. The van der Waals surface area contributed by atoms with Crippen LogP contribution in [0.2, 0.25) is 0 Å². The van der Waals surface area contributed by atoms with Gasteiger partial charge in [0.25, 0.3) is 5.91 Å². The molecule has 0 bridgehead atoms.